The van der Waals surface area contributed by atoms with Gasteiger partial charge >= 0.3 is 5.97 Å². The highest BCUT2D eigenvalue weighted by molar-refractivity contribution is 9.10. The zero-order valence-electron chi connectivity index (χ0n) is 7.63. The van der Waals surface area contributed by atoms with Gasteiger partial charge in [0.05, 0.1) is 18.1 Å². The molecule has 0 aliphatic rings. The van der Waals surface area contributed by atoms with Crippen molar-refractivity contribution in [1.29, 1.82) is 5.26 Å². The second-order valence-corrected chi connectivity index (χ2v) is 4.04. The summed E-state index contributed by atoms with van der Waals surface area (Å²) < 4.78 is 0.621. The largest absolute Gasteiger partial charge is 0.481 e. The number of carboxylic acid groups (broad SMARTS) is 1. The minimum Gasteiger partial charge on any atom is -0.481 e. The summed E-state index contributed by atoms with van der Waals surface area (Å²) in [7, 11) is 0. The molecule has 15 heavy (non-hydrogen) atoms. The number of nitriles is 1. The molecular weight excluding hydrogens is 281 g/mol. The lowest BCUT2D eigenvalue weighted by atomic mass is 10.0. The molecule has 78 valence electrons. The van der Waals surface area contributed by atoms with Gasteiger partial charge in [-0.05, 0) is 17.2 Å². The Kier molecular flexibility index (Phi) is 4.13. The van der Waals surface area contributed by atoms with E-state index in [0.29, 0.717) is 21.2 Å². The fourth-order valence-electron chi connectivity index (χ4n) is 1.18. The summed E-state index contributed by atoms with van der Waals surface area (Å²) in [6.07, 6.45) is -0.0871. The summed E-state index contributed by atoms with van der Waals surface area (Å²) in [5.41, 5.74) is 1.74. The first-order valence-electron chi connectivity index (χ1n) is 4.07. The van der Waals surface area contributed by atoms with Crippen LogP contribution in [0.5, 0.6) is 0 Å². The first kappa shape index (κ1) is 12.0. The second kappa shape index (κ2) is 5.15. The highest BCUT2D eigenvalue weighted by Gasteiger charge is 2.10. The van der Waals surface area contributed by atoms with Crippen LogP contribution in [0, 0.1) is 11.3 Å². The van der Waals surface area contributed by atoms with Gasteiger partial charge < -0.3 is 5.11 Å². The van der Waals surface area contributed by atoms with Gasteiger partial charge in [-0.3, -0.25) is 4.79 Å². The van der Waals surface area contributed by atoms with E-state index in [9.17, 15) is 4.79 Å². The summed E-state index contributed by atoms with van der Waals surface area (Å²) >= 11 is 8.88. The molecule has 0 radical (unpaired) electrons. The van der Waals surface area contributed by atoms with Gasteiger partial charge in [0.25, 0.3) is 0 Å². The fraction of sp³-hybridized carbons (Fsp3) is 0.200. The third kappa shape index (κ3) is 2.95. The van der Waals surface area contributed by atoms with Crippen LogP contribution in [-0.4, -0.2) is 11.1 Å². The van der Waals surface area contributed by atoms with Gasteiger partial charge in [-0.2, -0.15) is 5.26 Å². The number of hydrogen-bond donors (Lipinski definition) is 1. The zero-order valence-corrected chi connectivity index (χ0v) is 9.97. The number of alkyl halides is 1. The molecule has 5 heteroatoms. The SMILES string of the molecule is N#Cc1cc(Br)c(CC(=O)O)cc1CCl. The molecule has 1 rings (SSSR count). The van der Waals surface area contributed by atoms with Crippen LogP contribution in [-0.2, 0) is 17.1 Å². The number of carboxylic acids is 1. The van der Waals surface area contributed by atoms with Crippen LogP contribution in [0.2, 0.25) is 0 Å². The van der Waals surface area contributed by atoms with Gasteiger partial charge in [0.2, 0.25) is 0 Å². The molecule has 0 bridgehead atoms. The fourth-order valence-corrected chi connectivity index (χ4v) is 1.89. The van der Waals surface area contributed by atoms with Crippen LogP contribution in [0.1, 0.15) is 16.7 Å². The van der Waals surface area contributed by atoms with Gasteiger partial charge in [-0.1, -0.05) is 22.0 Å². The normalized spacial score (nSPS) is 9.67. The Hall–Kier alpha value is -1.05. The van der Waals surface area contributed by atoms with E-state index in [2.05, 4.69) is 15.9 Å². The second-order valence-electron chi connectivity index (χ2n) is 2.92. The van der Waals surface area contributed by atoms with E-state index in [1.165, 1.54) is 0 Å². The van der Waals surface area contributed by atoms with Crippen molar-refractivity contribution in [2.45, 2.75) is 12.3 Å². The molecular formula is C10H7BrClNO2. The standard InChI is InChI=1S/C10H7BrClNO2/c11-9-2-8(5-13)7(4-12)1-6(9)3-10(14)15/h1-2H,3-4H2,(H,14,15). The molecule has 0 spiro atoms. The maximum absolute atomic E-state index is 10.6. The smallest absolute Gasteiger partial charge is 0.307 e. The predicted octanol–water partition coefficient (Wildman–Crippen LogP) is 2.69. The Balaban J connectivity index is 3.21. The number of benzene rings is 1. The van der Waals surface area contributed by atoms with E-state index < -0.39 is 5.97 Å². The lowest BCUT2D eigenvalue weighted by molar-refractivity contribution is -0.136. The van der Waals surface area contributed by atoms with Gasteiger partial charge in [0, 0.05) is 10.4 Å². The van der Waals surface area contributed by atoms with E-state index in [1.807, 2.05) is 6.07 Å². The monoisotopic (exact) mass is 287 g/mol. The summed E-state index contributed by atoms with van der Waals surface area (Å²) in [4.78, 5) is 10.6. The first-order chi connectivity index (χ1) is 7.08. The Labute approximate surface area is 100 Å². The topological polar surface area (TPSA) is 61.1 Å². The maximum atomic E-state index is 10.6. The van der Waals surface area contributed by atoms with Crippen molar-refractivity contribution >= 4 is 33.5 Å². The molecule has 0 unspecified atom stereocenters. The summed E-state index contributed by atoms with van der Waals surface area (Å²) in [5, 5.41) is 17.5. The van der Waals surface area contributed by atoms with Gasteiger partial charge in [0.15, 0.2) is 0 Å². The molecule has 0 saturated carbocycles. The van der Waals surface area contributed by atoms with Crippen molar-refractivity contribution in [3.63, 3.8) is 0 Å². The molecule has 1 aromatic carbocycles. The average Bonchev–Trinajstić information content (AvgIpc) is 2.19. The van der Waals surface area contributed by atoms with Crippen LogP contribution in [0.15, 0.2) is 16.6 Å². The molecule has 0 fully saturated rings. The molecule has 1 aromatic rings. The lowest BCUT2D eigenvalue weighted by Gasteiger charge is -2.06. The molecule has 0 atom stereocenters. The number of halogens is 2. The Morgan fingerprint density at radius 2 is 2.20 bits per heavy atom. The molecule has 0 heterocycles. The van der Waals surface area contributed by atoms with E-state index in [4.69, 9.17) is 22.0 Å². The Morgan fingerprint density at radius 3 is 2.67 bits per heavy atom. The number of nitrogens with zero attached hydrogens (tertiary/aromatic N) is 1. The molecule has 3 nitrogen and oxygen atoms in total. The first-order valence-corrected chi connectivity index (χ1v) is 5.40. The number of carbonyl (C=O) groups is 1. The van der Waals surface area contributed by atoms with Crippen LogP contribution in [0.3, 0.4) is 0 Å². The van der Waals surface area contributed by atoms with Crippen molar-refractivity contribution in [3.8, 4) is 6.07 Å². The highest BCUT2D eigenvalue weighted by atomic mass is 79.9. The number of aliphatic carboxylic acids is 1. The molecule has 0 aliphatic carbocycles. The summed E-state index contributed by atoms with van der Waals surface area (Å²) in [6.45, 7) is 0. The minimum atomic E-state index is -0.916. The molecule has 0 saturated heterocycles. The minimum absolute atomic E-state index is 0.0871. The third-order valence-corrected chi connectivity index (χ3v) is 2.90. The van der Waals surface area contributed by atoms with Gasteiger partial charge in [-0.15, -0.1) is 11.6 Å². The van der Waals surface area contributed by atoms with Gasteiger partial charge in [0.1, 0.15) is 0 Å². The van der Waals surface area contributed by atoms with Crippen LogP contribution >= 0.6 is 27.5 Å². The van der Waals surface area contributed by atoms with Crippen LogP contribution < -0.4 is 0 Å². The van der Waals surface area contributed by atoms with Crippen molar-refractivity contribution in [1.82, 2.24) is 0 Å². The van der Waals surface area contributed by atoms with E-state index in [1.54, 1.807) is 12.1 Å². The van der Waals surface area contributed by atoms with E-state index in [-0.39, 0.29) is 12.3 Å². The highest BCUT2D eigenvalue weighted by Crippen LogP contribution is 2.23. The summed E-state index contributed by atoms with van der Waals surface area (Å²) in [6, 6.07) is 5.24. The van der Waals surface area contributed by atoms with Crippen molar-refractivity contribution in [3.05, 3.63) is 33.3 Å². The Bertz CT molecular complexity index is 440. The third-order valence-electron chi connectivity index (χ3n) is 1.88. The van der Waals surface area contributed by atoms with Crippen molar-refractivity contribution in [2.75, 3.05) is 0 Å². The average molecular weight is 289 g/mol. The number of rotatable bonds is 3. The Morgan fingerprint density at radius 1 is 1.53 bits per heavy atom. The van der Waals surface area contributed by atoms with Crippen LogP contribution in [0.25, 0.3) is 0 Å². The van der Waals surface area contributed by atoms with Crippen molar-refractivity contribution in [2.24, 2.45) is 0 Å². The zero-order chi connectivity index (χ0) is 11.4. The van der Waals surface area contributed by atoms with E-state index in [0.717, 1.165) is 0 Å². The molecule has 0 aromatic heterocycles. The lowest BCUT2D eigenvalue weighted by Crippen LogP contribution is -2.02. The predicted molar refractivity (Wildman–Crippen MR) is 59.8 cm³/mol. The molecule has 1 N–H and O–H groups in total. The number of hydrogen-bond acceptors (Lipinski definition) is 2. The van der Waals surface area contributed by atoms with E-state index >= 15 is 0 Å². The maximum Gasteiger partial charge on any atom is 0.307 e. The molecule has 0 amide bonds. The molecule has 0 aliphatic heterocycles. The van der Waals surface area contributed by atoms with Crippen molar-refractivity contribution < 1.29 is 9.90 Å². The summed E-state index contributed by atoms with van der Waals surface area (Å²) in [5.74, 6) is -0.719. The quantitative estimate of drug-likeness (QED) is 0.870. The van der Waals surface area contributed by atoms with Crippen LogP contribution in [0.4, 0.5) is 0 Å². The van der Waals surface area contributed by atoms with Gasteiger partial charge in [-0.25, -0.2) is 0 Å².